The molecule has 1 fully saturated rings. The molecule has 0 radical (unpaired) electrons. The van der Waals surface area contributed by atoms with Gasteiger partial charge in [0.05, 0.1) is 6.07 Å². The van der Waals surface area contributed by atoms with Gasteiger partial charge in [0.1, 0.15) is 5.54 Å². The largest absolute Gasteiger partial charge is 0.300 e. The van der Waals surface area contributed by atoms with Gasteiger partial charge in [0.15, 0.2) is 0 Å². The molecule has 1 aliphatic carbocycles. The summed E-state index contributed by atoms with van der Waals surface area (Å²) in [5.74, 6) is 3.53. The first kappa shape index (κ1) is 15.9. The number of nitrogens with zero attached hydrogens (tertiary/aromatic N) is 1. The highest BCUT2D eigenvalue weighted by molar-refractivity contribution is 7.99. The van der Waals surface area contributed by atoms with Crippen molar-refractivity contribution >= 4 is 11.8 Å². The molecule has 1 atom stereocenters. The van der Waals surface area contributed by atoms with E-state index in [0.717, 1.165) is 31.7 Å². The van der Waals surface area contributed by atoms with Gasteiger partial charge in [-0.25, -0.2) is 0 Å². The fourth-order valence-electron chi connectivity index (χ4n) is 2.54. The van der Waals surface area contributed by atoms with Crippen LogP contribution in [-0.4, -0.2) is 23.6 Å². The summed E-state index contributed by atoms with van der Waals surface area (Å²) >= 11 is 2.09. The summed E-state index contributed by atoms with van der Waals surface area (Å²) in [6.45, 7) is 5.12. The smallest absolute Gasteiger partial charge is 0.103 e. The highest BCUT2D eigenvalue weighted by atomic mass is 32.2. The molecule has 1 rings (SSSR count). The molecule has 104 valence electrons. The predicted molar refractivity (Wildman–Crippen MR) is 80.8 cm³/mol. The van der Waals surface area contributed by atoms with E-state index < -0.39 is 0 Å². The maximum absolute atomic E-state index is 9.22. The lowest BCUT2D eigenvalue weighted by molar-refractivity contribution is 0.415. The van der Waals surface area contributed by atoms with Crippen molar-refractivity contribution in [2.45, 2.75) is 64.3 Å². The van der Waals surface area contributed by atoms with Gasteiger partial charge in [-0.3, -0.25) is 5.32 Å². The molecule has 0 heterocycles. The number of nitrogens with one attached hydrogen (secondary N) is 1. The van der Waals surface area contributed by atoms with Gasteiger partial charge in [0.25, 0.3) is 0 Å². The van der Waals surface area contributed by atoms with E-state index in [1.54, 1.807) is 0 Å². The van der Waals surface area contributed by atoms with E-state index in [9.17, 15) is 5.26 Å². The minimum Gasteiger partial charge on any atom is -0.300 e. The summed E-state index contributed by atoms with van der Waals surface area (Å²) in [5.41, 5.74) is -0.316. The maximum atomic E-state index is 9.22. The predicted octanol–water partition coefficient (Wildman–Crippen LogP) is 3.97. The van der Waals surface area contributed by atoms with Gasteiger partial charge >= 0.3 is 0 Å². The molecule has 0 saturated heterocycles. The van der Waals surface area contributed by atoms with Crippen molar-refractivity contribution in [2.75, 3.05) is 18.1 Å². The van der Waals surface area contributed by atoms with Crippen molar-refractivity contribution in [3.05, 3.63) is 0 Å². The molecule has 0 aliphatic heterocycles. The molecule has 2 nitrogen and oxygen atoms in total. The van der Waals surface area contributed by atoms with E-state index in [1.807, 2.05) is 6.92 Å². The highest BCUT2D eigenvalue weighted by Crippen LogP contribution is 2.28. The molecule has 0 spiro atoms. The second-order valence-corrected chi connectivity index (χ2v) is 6.85. The molecule has 0 aromatic carbocycles. The molecular weight excluding hydrogens is 240 g/mol. The van der Waals surface area contributed by atoms with Gasteiger partial charge in [-0.15, -0.1) is 0 Å². The van der Waals surface area contributed by atoms with Crippen LogP contribution in [0.1, 0.15) is 58.8 Å². The Morgan fingerprint density at radius 2 is 2.11 bits per heavy atom. The molecule has 1 unspecified atom stereocenters. The van der Waals surface area contributed by atoms with E-state index >= 15 is 0 Å². The Kier molecular flexibility index (Phi) is 7.77. The van der Waals surface area contributed by atoms with Gasteiger partial charge < -0.3 is 0 Å². The third-order valence-electron chi connectivity index (χ3n) is 3.81. The Labute approximate surface area is 117 Å². The van der Waals surface area contributed by atoms with Crippen LogP contribution in [0, 0.1) is 17.2 Å². The molecule has 1 aliphatic rings. The molecule has 1 saturated carbocycles. The zero-order chi connectivity index (χ0) is 13.3. The Hall–Kier alpha value is -0.200. The monoisotopic (exact) mass is 268 g/mol. The molecule has 1 N–H and O–H groups in total. The van der Waals surface area contributed by atoms with Crippen LogP contribution < -0.4 is 5.32 Å². The normalized spacial score (nSPS) is 19.6. The summed E-state index contributed by atoms with van der Waals surface area (Å²) < 4.78 is 0. The van der Waals surface area contributed by atoms with Gasteiger partial charge in [-0.2, -0.15) is 17.0 Å². The van der Waals surface area contributed by atoms with Crippen LogP contribution >= 0.6 is 11.8 Å². The van der Waals surface area contributed by atoms with Crippen molar-refractivity contribution in [1.82, 2.24) is 5.32 Å². The molecule has 18 heavy (non-hydrogen) atoms. The summed E-state index contributed by atoms with van der Waals surface area (Å²) in [6.07, 6.45) is 8.99. The minimum absolute atomic E-state index is 0.316. The van der Waals surface area contributed by atoms with Crippen molar-refractivity contribution < 1.29 is 0 Å². The average Bonchev–Trinajstić information content (AvgIpc) is 2.89. The van der Waals surface area contributed by atoms with Crippen LogP contribution in [0.25, 0.3) is 0 Å². The summed E-state index contributed by atoms with van der Waals surface area (Å²) in [6, 6.07) is 2.42. The fourth-order valence-corrected chi connectivity index (χ4v) is 3.72. The standard InChI is InChI=1S/C15H28N2S/c1-3-10-17-15(2,13-16)9-6-11-18-12-14-7-4-5-8-14/h14,17H,3-12H2,1-2H3. The van der Waals surface area contributed by atoms with Crippen LogP contribution in [0.5, 0.6) is 0 Å². The summed E-state index contributed by atoms with van der Waals surface area (Å²) in [7, 11) is 0. The molecular formula is C15H28N2S. The number of hydrogen-bond acceptors (Lipinski definition) is 3. The lowest BCUT2D eigenvalue weighted by Gasteiger charge is -2.23. The van der Waals surface area contributed by atoms with E-state index in [0.29, 0.717) is 0 Å². The second kappa shape index (κ2) is 8.82. The third kappa shape index (κ3) is 6.11. The van der Waals surface area contributed by atoms with E-state index in [4.69, 9.17) is 0 Å². The van der Waals surface area contributed by atoms with Crippen molar-refractivity contribution in [2.24, 2.45) is 5.92 Å². The highest BCUT2D eigenvalue weighted by Gasteiger charge is 2.21. The molecule has 0 aromatic heterocycles. The van der Waals surface area contributed by atoms with Gasteiger partial charge in [0, 0.05) is 0 Å². The van der Waals surface area contributed by atoms with Crippen LogP contribution in [0.4, 0.5) is 0 Å². The molecule has 0 aromatic rings. The first-order valence-electron chi connectivity index (χ1n) is 7.44. The van der Waals surface area contributed by atoms with E-state index in [-0.39, 0.29) is 5.54 Å². The third-order valence-corrected chi connectivity index (χ3v) is 5.09. The minimum atomic E-state index is -0.316. The topological polar surface area (TPSA) is 35.8 Å². The number of rotatable bonds is 9. The van der Waals surface area contributed by atoms with Crippen molar-refractivity contribution in [3.63, 3.8) is 0 Å². The van der Waals surface area contributed by atoms with Gasteiger partial charge in [-0.1, -0.05) is 19.8 Å². The average molecular weight is 268 g/mol. The van der Waals surface area contributed by atoms with Crippen molar-refractivity contribution in [1.29, 1.82) is 5.26 Å². The zero-order valence-corrected chi connectivity index (χ0v) is 12.8. The van der Waals surface area contributed by atoms with Gasteiger partial charge in [-0.05, 0) is 63.0 Å². The lowest BCUT2D eigenvalue weighted by Crippen LogP contribution is -2.41. The lowest BCUT2D eigenvalue weighted by atomic mass is 9.98. The molecule has 0 amide bonds. The van der Waals surface area contributed by atoms with E-state index in [2.05, 4.69) is 30.1 Å². The second-order valence-electron chi connectivity index (χ2n) is 5.70. The van der Waals surface area contributed by atoms with Crippen LogP contribution in [0.15, 0.2) is 0 Å². The quantitative estimate of drug-likeness (QED) is 0.643. The number of hydrogen-bond donors (Lipinski definition) is 1. The fraction of sp³-hybridized carbons (Fsp3) is 0.933. The Balaban J connectivity index is 2.05. The summed E-state index contributed by atoms with van der Waals surface area (Å²) in [5, 5.41) is 12.6. The Morgan fingerprint density at radius 1 is 1.39 bits per heavy atom. The SMILES string of the molecule is CCCNC(C)(C#N)CCCSCC1CCCC1. The first-order valence-corrected chi connectivity index (χ1v) is 8.59. The Bertz CT molecular complexity index is 256. The summed E-state index contributed by atoms with van der Waals surface area (Å²) in [4.78, 5) is 0. The van der Waals surface area contributed by atoms with Crippen molar-refractivity contribution in [3.8, 4) is 6.07 Å². The van der Waals surface area contributed by atoms with Crippen LogP contribution in [0.3, 0.4) is 0 Å². The van der Waals surface area contributed by atoms with Crippen LogP contribution in [0.2, 0.25) is 0 Å². The number of nitriles is 1. The van der Waals surface area contributed by atoms with Gasteiger partial charge in [0.2, 0.25) is 0 Å². The maximum Gasteiger partial charge on any atom is 0.103 e. The molecule has 3 heteroatoms. The van der Waals surface area contributed by atoms with Crippen LogP contribution in [-0.2, 0) is 0 Å². The molecule has 0 bridgehead atoms. The zero-order valence-electron chi connectivity index (χ0n) is 12.0. The first-order chi connectivity index (χ1) is 8.70. The number of thioether (sulfide) groups is 1. The Morgan fingerprint density at radius 3 is 2.72 bits per heavy atom. The van der Waals surface area contributed by atoms with E-state index in [1.165, 1.54) is 37.2 Å².